The van der Waals surface area contributed by atoms with Crippen molar-refractivity contribution in [2.24, 2.45) is 0 Å². The molecule has 0 radical (unpaired) electrons. The van der Waals surface area contributed by atoms with Gasteiger partial charge >= 0.3 is 11.9 Å². The second-order valence-corrected chi connectivity index (χ2v) is 2.77. The number of ether oxygens (including phenoxy) is 1. The first kappa shape index (κ1) is 10.2. The zero-order valence-electron chi connectivity index (χ0n) is 7.90. The van der Waals surface area contributed by atoms with Gasteiger partial charge in [0.05, 0.1) is 18.2 Å². The molecule has 0 heterocycles. The van der Waals surface area contributed by atoms with E-state index in [4.69, 9.17) is 5.11 Å². The first-order valence-corrected chi connectivity index (χ1v) is 3.99. The van der Waals surface area contributed by atoms with E-state index >= 15 is 0 Å². The lowest BCUT2D eigenvalue weighted by Crippen LogP contribution is -2.08. The van der Waals surface area contributed by atoms with Crippen molar-refractivity contribution in [1.82, 2.24) is 0 Å². The van der Waals surface area contributed by atoms with Crippen molar-refractivity contribution in [3.05, 3.63) is 34.9 Å². The predicted octanol–water partition coefficient (Wildman–Crippen LogP) is 1.48. The molecule has 1 aromatic carbocycles. The second kappa shape index (κ2) is 3.91. The van der Waals surface area contributed by atoms with Crippen molar-refractivity contribution in [3.8, 4) is 0 Å². The molecule has 4 nitrogen and oxygen atoms in total. The minimum absolute atomic E-state index is 0.118. The van der Waals surface area contributed by atoms with E-state index in [2.05, 4.69) is 4.74 Å². The third-order valence-corrected chi connectivity index (χ3v) is 1.97. The van der Waals surface area contributed by atoms with Crippen LogP contribution in [0.25, 0.3) is 0 Å². The Labute approximate surface area is 81.1 Å². The van der Waals surface area contributed by atoms with E-state index in [-0.39, 0.29) is 11.1 Å². The molecule has 1 rings (SSSR count). The number of aromatic carboxylic acids is 1. The van der Waals surface area contributed by atoms with Gasteiger partial charge in [0, 0.05) is 0 Å². The lowest BCUT2D eigenvalue weighted by atomic mass is 10.0. The molecular weight excluding hydrogens is 184 g/mol. The van der Waals surface area contributed by atoms with Crippen LogP contribution >= 0.6 is 0 Å². The number of rotatable bonds is 2. The van der Waals surface area contributed by atoms with Gasteiger partial charge in [-0.25, -0.2) is 9.59 Å². The van der Waals surface area contributed by atoms with Crippen LogP contribution in [0.1, 0.15) is 26.3 Å². The Balaban J connectivity index is 3.27. The van der Waals surface area contributed by atoms with Crippen LogP contribution in [0, 0.1) is 6.92 Å². The van der Waals surface area contributed by atoms with Crippen molar-refractivity contribution in [2.75, 3.05) is 7.11 Å². The molecule has 0 aromatic heterocycles. The Bertz CT molecular complexity index is 382. The normalized spacial score (nSPS) is 9.57. The van der Waals surface area contributed by atoms with Gasteiger partial charge in [-0.05, 0) is 24.6 Å². The molecule has 0 unspecified atom stereocenters. The summed E-state index contributed by atoms with van der Waals surface area (Å²) in [6.07, 6.45) is 0. The number of hydrogen-bond acceptors (Lipinski definition) is 3. The molecule has 0 spiro atoms. The molecule has 0 saturated carbocycles. The number of esters is 1. The van der Waals surface area contributed by atoms with E-state index in [1.54, 1.807) is 6.92 Å². The summed E-state index contributed by atoms with van der Waals surface area (Å²) in [5, 5.41) is 8.79. The highest BCUT2D eigenvalue weighted by molar-refractivity contribution is 5.97. The van der Waals surface area contributed by atoms with Gasteiger partial charge in [0.2, 0.25) is 0 Å². The number of hydrogen-bond donors (Lipinski definition) is 1. The summed E-state index contributed by atoms with van der Waals surface area (Å²) in [5.41, 5.74) is 0.826. The van der Waals surface area contributed by atoms with Gasteiger partial charge in [-0.2, -0.15) is 0 Å². The Morgan fingerprint density at radius 2 is 1.86 bits per heavy atom. The van der Waals surface area contributed by atoms with Gasteiger partial charge in [0.25, 0.3) is 0 Å². The van der Waals surface area contributed by atoms with Crippen molar-refractivity contribution >= 4 is 11.9 Å². The zero-order valence-corrected chi connectivity index (χ0v) is 7.90. The van der Waals surface area contributed by atoms with Gasteiger partial charge in [-0.1, -0.05) is 6.07 Å². The summed E-state index contributed by atoms with van der Waals surface area (Å²) in [5.74, 6) is -1.57. The number of benzene rings is 1. The molecule has 0 saturated heterocycles. The van der Waals surface area contributed by atoms with E-state index in [1.165, 1.54) is 25.3 Å². The number of carbonyl (C=O) groups excluding carboxylic acids is 1. The number of carbonyl (C=O) groups is 2. The van der Waals surface area contributed by atoms with Crippen LogP contribution in [0.5, 0.6) is 0 Å². The lowest BCUT2D eigenvalue weighted by molar-refractivity contribution is 0.0600. The molecule has 0 aliphatic heterocycles. The van der Waals surface area contributed by atoms with Crippen LogP contribution in [0.15, 0.2) is 18.2 Å². The molecule has 1 aromatic rings. The SMILES string of the molecule is COC(=O)c1cccc(C(=O)O)c1C. The highest BCUT2D eigenvalue weighted by Crippen LogP contribution is 2.14. The number of carboxylic acid groups (broad SMARTS) is 1. The largest absolute Gasteiger partial charge is 0.478 e. The Kier molecular flexibility index (Phi) is 2.86. The minimum Gasteiger partial charge on any atom is -0.478 e. The summed E-state index contributed by atoms with van der Waals surface area (Å²) < 4.78 is 4.52. The predicted molar refractivity (Wildman–Crippen MR) is 49.5 cm³/mol. The van der Waals surface area contributed by atoms with Crippen molar-refractivity contribution in [2.45, 2.75) is 6.92 Å². The van der Waals surface area contributed by atoms with Crippen LogP contribution in [-0.2, 0) is 4.74 Å². The first-order valence-electron chi connectivity index (χ1n) is 3.99. The third kappa shape index (κ3) is 1.74. The molecule has 1 N–H and O–H groups in total. The standard InChI is InChI=1S/C10H10O4/c1-6-7(9(11)12)4-3-5-8(6)10(13)14-2/h3-5H,1-2H3,(H,11,12). The molecule has 0 bridgehead atoms. The monoisotopic (exact) mass is 194 g/mol. The second-order valence-electron chi connectivity index (χ2n) is 2.77. The summed E-state index contributed by atoms with van der Waals surface area (Å²) in [7, 11) is 1.26. The molecule has 0 atom stereocenters. The van der Waals surface area contributed by atoms with E-state index < -0.39 is 11.9 Å². The maximum absolute atomic E-state index is 11.2. The highest BCUT2D eigenvalue weighted by Gasteiger charge is 2.14. The van der Waals surface area contributed by atoms with Crippen LogP contribution in [-0.4, -0.2) is 24.2 Å². The van der Waals surface area contributed by atoms with E-state index in [0.717, 1.165) is 0 Å². The first-order chi connectivity index (χ1) is 6.57. The molecule has 0 amide bonds. The smallest absolute Gasteiger partial charge is 0.338 e. The van der Waals surface area contributed by atoms with Gasteiger partial charge < -0.3 is 9.84 Å². The Morgan fingerprint density at radius 3 is 2.36 bits per heavy atom. The number of carboxylic acids is 1. The number of methoxy groups -OCH3 is 1. The van der Waals surface area contributed by atoms with Crippen LogP contribution < -0.4 is 0 Å². The zero-order chi connectivity index (χ0) is 10.7. The Hall–Kier alpha value is -1.84. The van der Waals surface area contributed by atoms with E-state index in [1.807, 2.05) is 0 Å². The molecule has 0 aliphatic rings. The van der Waals surface area contributed by atoms with Crippen LogP contribution in [0.2, 0.25) is 0 Å². The van der Waals surface area contributed by atoms with E-state index in [9.17, 15) is 9.59 Å². The molecule has 4 heteroatoms. The fourth-order valence-electron chi connectivity index (χ4n) is 1.20. The molecule has 0 aliphatic carbocycles. The molecule has 0 fully saturated rings. The van der Waals surface area contributed by atoms with Gasteiger partial charge in [0.15, 0.2) is 0 Å². The van der Waals surface area contributed by atoms with E-state index in [0.29, 0.717) is 5.56 Å². The summed E-state index contributed by atoms with van der Waals surface area (Å²) in [4.78, 5) is 21.9. The highest BCUT2D eigenvalue weighted by atomic mass is 16.5. The maximum Gasteiger partial charge on any atom is 0.338 e. The maximum atomic E-state index is 11.2. The fourth-order valence-corrected chi connectivity index (χ4v) is 1.20. The van der Waals surface area contributed by atoms with Gasteiger partial charge in [-0.15, -0.1) is 0 Å². The summed E-state index contributed by atoms with van der Waals surface area (Å²) in [6, 6.07) is 4.50. The Morgan fingerprint density at radius 1 is 1.29 bits per heavy atom. The van der Waals surface area contributed by atoms with Crippen molar-refractivity contribution < 1.29 is 19.4 Å². The minimum atomic E-state index is -1.05. The summed E-state index contributed by atoms with van der Waals surface area (Å²) in [6.45, 7) is 1.58. The average molecular weight is 194 g/mol. The third-order valence-electron chi connectivity index (χ3n) is 1.97. The van der Waals surface area contributed by atoms with Gasteiger partial charge in [-0.3, -0.25) is 0 Å². The van der Waals surface area contributed by atoms with Crippen LogP contribution in [0.3, 0.4) is 0 Å². The van der Waals surface area contributed by atoms with Crippen molar-refractivity contribution in [1.29, 1.82) is 0 Å². The van der Waals surface area contributed by atoms with Crippen LogP contribution in [0.4, 0.5) is 0 Å². The summed E-state index contributed by atoms with van der Waals surface area (Å²) >= 11 is 0. The molecule has 74 valence electrons. The van der Waals surface area contributed by atoms with Gasteiger partial charge in [0.1, 0.15) is 0 Å². The lowest BCUT2D eigenvalue weighted by Gasteiger charge is -2.05. The molecule has 14 heavy (non-hydrogen) atoms. The van der Waals surface area contributed by atoms with Crippen molar-refractivity contribution in [3.63, 3.8) is 0 Å². The topological polar surface area (TPSA) is 63.6 Å². The quantitative estimate of drug-likeness (QED) is 0.724. The average Bonchev–Trinajstić information content (AvgIpc) is 2.16. The fraction of sp³-hybridized carbons (Fsp3) is 0.200. The molecular formula is C10H10O4.